The molecule has 0 aliphatic heterocycles. The van der Waals surface area contributed by atoms with Crippen LogP contribution in [-0.2, 0) is 20.0 Å². The summed E-state index contributed by atoms with van der Waals surface area (Å²) in [5.74, 6) is 0. The van der Waals surface area contributed by atoms with Gasteiger partial charge in [0, 0.05) is 20.1 Å². The maximum atomic E-state index is 9.89. The zero-order valence-corrected chi connectivity index (χ0v) is 12.8. The smallest absolute Gasteiger partial charge is 0.0863 e. The summed E-state index contributed by atoms with van der Waals surface area (Å²) in [5.41, 5.74) is 1.25. The van der Waals surface area contributed by atoms with Crippen molar-refractivity contribution in [1.82, 2.24) is 14.7 Å². The Kier molecular flexibility index (Phi) is 5.20. The van der Waals surface area contributed by atoms with Gasteiger partial charge in [-0.3, -0.25) is 9.58 Å². The average molecular weight is 274 g/mol. The van der Waals surface area contributed by atoms with Crippen LogP contribution in [0.15, 0.2) is 0 Å². The van der Waals surface area contributed by atoms with Gasteiger partial charge in [0.2, 0.25) is 0 Å². The molecule has 0 saturated carbocycles. The van der Waals surface area contributed by atoms with Crippen LogP contribution in [0.2, 0.25) is 5.02 Å². The molecule has 1 aromatic heterocycles. The summed E-state index contributed by atoms with van der Waals surface area (Å²) in [5, 5.41) is 15.1. The zero-order valence-electron chi connectivity index (χ0n) is 12.0. The number of halogens is 1. The van der Waals surface area contributed by atoms with E-state index in [0.717, 1.165) is 29.4 Å². The molecule has 104 valence electrons. The van der Waals surface area contributed by atoms with Crippen molar-refractivity contribution in [2.75, 3.05) is 13.1 Å². The predicted octanol–water partition coefficient (Wildman–Crippen LogP) is 2.23. The number of hydrogen-bond donors (Lipinski definition) is 1. The first kappa shape index (κ1) is 15.5. The minimum atomic E-state index is -0.700. The van der Waals surface area contributed by atoms with Crippen LogP contribution in [-0.4, -0.2) is 38.5 Å². The van der Waals surface area contributed by atoms with Crippen LogP contribution in [0.25, 0.3) is 0 Å². The molecule has 5 heteroatoms. The average Bonchev–Trinajstić information content (AvgIpc) is 2.53. The quantitative estimate of drug-likeness (QED) is 0.864. The lowest BCUT2D eigenvalue weighted by atomic mass is 10.1. The molecule has 0 bridgehead atoms. The van der Waals surface area contributed by atoms with Crippen LogP contribution in [0.5, 0.6) is 0 Å². The Bertz CT molecular complexity index is 396. The molecular formula is C13H24ClN3O. The molecule has 0 fully saturated rings. The number of aromatic nitrogens is 2. The maximum Gasteiger partial charge on any atom is 0.0863 e. The highest BCUT2D eigenvalue weighted by Crippen LogP contribution is 2.22. The molecule has 0 amide bonds. The number of aryl methyl sites for hydroxylation is 2. The molecule has 1 rings (SSSR count). The van der Waals surface area contributed by atoms with Crippen molar-refractivity contribution in [1.29, 1.82) is 0 Å². The van der Waals surface area contributed by atoms with Gasteiger partial charge in [-0.15, -0.1) is 0 Å². The minimum absolute atomic E-state index is 0.618. The Hall–Kier alpha value is -0.580. The number of aliphatic hydroxyl groups is 1. The van der Waals surface area contributed by atoms with Crippen molar-refractivity contribution in [2.45, 2.75) is 46.3 Å². The lowest BCUT2D eigenvalue weighted by Gasteiger charge is -2.27. The van der Waals surface area contributed by atoms with Gasteiger partial charge in [-0.2, -0.15) is 5.10 Å². The molecule has 18 heavy (non-hydrogen) atoms. The second-order valence-electron chi connectivity index (χ2n) is 5.30. The first-order chi connectivity index (χ1) is 8.28. The third-order valence-electron chi connectivity index (χ3n) is 2.93. The molecular weight excluding hydrogens is 250 g/mol. The van der Waals surface area contributed by atoms with Gasteiger partial charge < -0.3 is 5.11 Å². The van der Waals surface area contributed by atoms with Crippen LogP contribution in [0, 0.1) is 0 Å². The van der Waals surface area contributed by atoms with E-state index >= 15 is 0 Å². The Morgan fingerprint density at radius 1 is 1.39 bits per heavy atom. The SMILES string of the molecule is CCc1nn(C)c(CN(CC)CC(C)(C)O)c1Cl. The van der Waals surface area contributed by atoms with Gasteiger partial charge >= 0.3 is 0 Å². The number of likely N-dealkylation sites (N-methyl/N-ethyl adjacent to an activating group) is 1. The second-order valence-corrected chi connectivity index (χ2v) is 5.68. The monoisotopic (exact) mass is 273 g/mol. The minimum Gasteiger partial charge on any atom is -0.389 e. The van der Waals surface area contributed by atoms with Gasteiger partial charge in [-0.1, -0.05) is 25.4 Å². The molecule has 0 radical (unpaired) electrons. The Labute approximate surface area is 115 Å². The third-order valence-corrected chi connectivity index (χ3v) is 3.37. The number of nitrogens with zero attached hydrogens (tertiary/aromatic N) is 3. The van der Waals surface area contributed by atoms with Gasteiger partial charge in [0.25, 0.3) is 0 Å². The summed E-state index contributed by atoms with van der Waals surface area (Å²) in [4.78, 5) is 2.17. The largest absolute Gasteiger partial charge is 0.389 e. The highest BCUT2D eigenvalue weighted by molar-refractivity contribution is 6.31. The molecule has 1 aromatic rings. The number of rotatable bonds is 6. The molecule has 0 aliphatic carbocycles. The van der Waals surface area contributed by atoms with E-state index in [4.69, 9.17) is 11.6 Å². The lowest BCUT2D eigenvalue weighted by Crippen LogP contribution is -2.38. The van der Waals surface area contributed by atoms with E-state index in [2.05, 4.69) is 16.9 Å². The molecule has 0 aromatic carbocycles. The van der Waals surface area contributed by atoms with E-state index in [0.29, 0.717) is 13.1 Å². The van der Waals surface area contributed by atoms with Crippen LogP contribution >= 0.6 is 11.6 Å². The summed E-state index contributed by atoms with van der Waals surface area (Å²) < 4.78 is 1.84. The molecule has 0 unspecified atom stereocenters. The predicted molar refractivity (Wildman–Crippen MR) is 74.8 cm³/mol. The van der Waals surface area contributed by atoms with Crippen molar-refractivity contribution >= 4 is 11.6 Å². The molecule has 0 aliphatic rings. The third kappa shape index (κ3) is 3.97. The lowest BCUT2D eigenvalue weighted by molar-refractivity contribution is 0.0346. The summed E-state index contributed by atoms with van der Waals surface area (Å²) in [7, 11) is 1.91. The summed E-state index contributed by atoms with van der Waals surface area (Å²) >= 11 is 6.33. The van der Waals surface area contributed by atoms with Gasteiger partial charge in [0.1, 0.15) is 0 Å². The highest BCUT2D eigenvalue weighted by atomic mass is 35.5. The van der Waals surface area contributed by atoms with Crippen molar-refractivity contribution < 1.29 is 5.11 Å². The fraction of sp³-hybridized carbons (Fsp3) is 0.769. The van der Waals surface area contributed by atoms with Crippen molar-refractivity contribution in [2.24, 2.45) is 7.05 Å². The molecule has 0 saturated heterocycles. The van der Waals surface area contributed by atoms with E-state index in [-0.39, 0.29) is 0 Å². The first-order valence-corrected chi connectivity index (χ1v) is 6.81. The maximum absolute atomic E-state index is 9.89. The molecule has 1 heterocycles. The molecule has 1 N–H and O–H groups in total. The number of hydrogen-bond acceptors (Lipinski definition) is 3. The highest BCUT2D eigenvalue weighted by Gasteiger charge is 2.20. The van der Waals surface area contributed by atoms with Crippen LogP contribution < -0.4 is 0 Å². The summed E-state index contributed by atoms with van der Waals surface area (Å²) in [6, 6.07) is 0. The van der Waals surface area contributed by atoms with E-state index < -0.39 is 5.60 Å². The van der Waals surface area contributed by atoms with E-state index in [1.165, 1.54) is 0 Å². The fourth-order valence-corrected chi connectivity index (χ4v) is 2.38. The molecule has 0 spiro atoms. The van der Waals surface area contributed by atoms with Crippen LogP contribution in [0.4, 0.5) is 0 Å². The Morgan fingerprint density at radius 2 is 2.00 bits per heavy atom. The van der Waals surface area contributed by atoms with E-state index in [1.54, 1.807) is 0 Å². The van der Waals surface area contributed by atoms with Gasteiger partial charge in [-0.25, -0.2) is 0 Å². The van der Waals surface area contributed by atoms with Crippen molar-refractivity contribution in [3.63, 3.8) is 0 Å². The topological polar surface area (TPSA) is 41.3 Å². The van der Waals surface area contributed by atoms with Gasteiger partial charge in [0.15, 0.2) is 0 Å². The molecule has 4 nitrogen and oxygen atoms in total. The summed E-state index contributed by atoms with van der Waals surface area (Å²) in [6.45, 7) is 9.96. The van der Waals surface area contributed by atoms with Crippen LogP contribution in [0.3, 0.4) is 0 Å². The van der Waals surface area contributed by atoms with Gasteiger partial charge in [0.05, 0.1) is 22.0 Å². The van der Waals surface area contributed by atoms with E-state index in [1.807, 2.05) is 32.5 Å². The van der Waals surface area contributed by atoms with Crippen molar-refractivity contribution in [3.05, 3.63) is 16.4 Å². The van der Waals surface area contributed by atoms with Crippen LogP contribution in [0.1, 0.15) is 39.1 Å². The molecule has 0 atom stereocenters. The second kappa shape index (κ2) is 6.04. The fourth-order valence-electron chi connectivity index (χ4n) is 2.03. The Morgan fingerprint density at radius 3 is 2.39 bits per heavy atom. The Balaban J connectivity index is 2.85. The first-order valence-electron chi connectivity index (χ1n) is 6.43. The standard InChI is InChI=1S/C13H24ClN3O/c1-6-10-12(14)11(16(5)15-10)8-17(7-2)9-13(3,4)18/h18H,6-9H2,1-5H3. The van der Waals surface area contributed by atoms with Gasteiger partial charge in [-0.05, 0) is 26.8 Å². The van der Waals surface area contributed by atoms with Crippen molar-refractivity contribution in [3.8, 4) is 0 Å². The summed E-state index contributed by atoms with van der Waals surface area (Å²) in [6.07, 6.45) is 0.838. The van der Waals surface area contributed by atoms with E-state index in [9.17, 15) is 5.11 Å². The normalized spacial score (nSPS) is 12.4. The zero-order chi connectivity index (χ0) is 13.9.